The van der Waals surface area contributed by atoms with E-state index >= 15 is 0 Å². The summed E-state index contributed by atoms with van der Waals surface area (Å²) in [6.45, 7) is 3.27. The Hall–Kier alpha value is -2.26. The highest BCUT2D eigenvalue weighted by atomic mass is 19.1. The maximum absolute atomic E-state index is 14.4. The zero-order valence-electron chi connectivity index (χ0n) is 16.0. The van der Waals surface area contributed by atoms with Gasteiger partial charge in [0.2, 0.25) is 0 Å². The molecule has 0 bridgehead atoms. The number of hydrogen-bond donors (Lipinski definition) is 1. The van der Waals surface area contributed by atoms with Gasteiger partial charge in [-0.15, -0.1) is 0 Å². The molecule has 1 fully saturated rings. The van der Waals surface area contributed by atoms with Crippen LogP contribution in [0.3, 0.4) is 0 Å². The van der Waals surface area contributed by atoms with Gasteiger partial charge in [-0.2, -0.15) is 5.26 Å². The summed E-state index contributed by atoms with van der Waals surface area (Å²) in [7, 11) is 0. The third-order valence-electron chi connectivity index (χ3n) is 5.13. The second-order valence-electron chi connectivity index (χ2n) is 8.16. The number of imidazole rings is 1. The number of unbranched alkanes of at least 4 members (excludes halogenated alkanes) is 1. The van der Waals surface area contributed by atoms with E-state index in [-0.39, 0.29) is 12.2 Å². The number of benzene rings is 1. The summed E-state index contributed by atoms with van der Waals surface area (Å²) in [6.07, 6.45) is 5.99. The van der Waals surface area contributed by atoms with Gasteiger partial charge >= 0.3 is 0 Å². The minimum Gasteiger partial charge on any atom is -0.390 e. The number of nitriles is 1. The van der Waals surface area contributed by atoms with Gasteiger partial charge in [-0.3, -0.25) is 4.79 Å². The molecule has 0 amide bonds. The van der Waals surface area contributed by atoms with E-state index in [2.05, 4.69) is 9.55 Å². The van der Waals surface area contributed by atoms with Gasteiger partial charge in [0.25, 0.3) is 0 Å². The topological polar surface area (TPSA) is 78.9 Å². The molecule has 1 heterocycles. The average molecular weight is 371 g/mol. The monoisotopic (exact) mass is 371 g/mol. The van der Waals surface area contributed by atoms with Gasteiger partial charge in [-0.25, -0.2) is 9.37 Å². The largest absolute Gasteiger partial charge is 0.390 e. The van der Waals surface area contributed by atoms with Gasteiger partial charge < -0.3 is 9.67 Å². The molecule has 0 spiro atoms. The molecule has 2 aromatic rings. The van der Waals surface area contributed by atoms with Crippen LogP contribution in [0.4, 0.5) is 4.39 Å². The summed E-state index contributed by atoms with van der Waals surface area (Å²) in [5, 5.41) is 18.8. The lowest BCUT2D eigenvalue weighted by atomic mass is 9.92. The number of aromatic nitrogens is 2. The smallest absolute Gasteiger partial charge is 0.152 e. The summed E-state index contributed by atoms with van der Waals surface area (Å²) in [5.41, 5.74) is 0.369. The lowest BCUT2D eigenvalue weighted by Crippen LogP contribution is -2.23. The molecule has 0 radical (unpaired) electrons. The molecule has 1 saturated carbocycles. The third kappa shape index (κ3) is 4.54. The zero-order valence-corrected chi connectivity index (χ0v) is 16.0. The summed E-state index contributed by atoms with van der Waals surface area (Å²) in [4.78, 5) is 16.4. The van der Waals surface area contributed by atoms with Crippen LogP contribution in [0.5, 0.6) is 0 Å². The number of halogens is 1. The minimum atomic E-state index is -0.967. The highest BCUT2D eigenvalue weighted by molar-refractivity contribution is 5.79. The number of nitrogens with zero attached hydrogens (tertiary/aromatic N) is 3. The normalized spacial score (nSPS) is 14.9. The van der Waals surface area contributed by atoms with E-state index in [1.807, 2.05) is 6.07 Å². The number of Topliss-reactive ketones (excluding diaryl/α,β-unsaturated/α-hetero) is 1. The van der Waals surface area contributed by atoms with Crippen molar-refractivity contribution < 1.29 is 14.3 Å². The molecule has 5 nitrogen and oxygen atoms in total. The fourth-order valence-corrected chi connectivity index (χ4v) is 3.67. The van der Waals surface area contributed by atoms with Crippen molar-refractivity contribution in [2.75, 3.05) is 0 Å². The molecule has 27 heavy (non-hydrogen) atoms. The Morgan fingerprint density at radius 1 is 1.41 bits per heavy atom. The number of hydrogen-bond acceptors (Lipinski definition) is 4. The van der Waals surface area contributed by atoms with Gasteiger partial charge in [0, 0.05) is 25.3 Å². The first-order valence-electron chi connectivity index (χ1n) is 9.63. The first-order valence-corrected chi connectivity index (χ1v) is 9.63. The number of carbonyl (C=O) groups is 1. The van der Waals surface area contributed by atoms with Crippen LogP contribution in [0.1, 0.15) is 76.2 Å². The van der Waals surface area contributed by atoms with Crippen LogP contribution in [0, 0.1) is 17.1 Å². The molecule has 1 N–H and O–H groups in total. The second-order valence-corrected chi connectivity index (χ2v) is 8.16. The fourth-order valence-electron chi connectivity index (χ4n) is 3.67. The van der Waals surface area contributed by atoms with Crippen molar-refractivity contribution in [3.05, 3.63) is 29.3 Å². The summed E-state index contributed by atoms with van der Waals surface area (Å²) < 4.78 is 16.5. The summed E-state index contributed by atoms with van der Waals surface area (Å²) >= 11 is 0. The molecule has 1 aromatic heterocycles. The van der Waals surface area contributed by atoms with Gasteiger partial charge in [-0.1, -0.05) is 0 Å². The summed E-state index contributed by atoms with van der Waals surface area (Å²) in [5.74, 6) is 0.432. The number of fused-ring (bicyclic) bond motifs is 1. The molecule has 0 atom stereocenters. The van der Waals surface area contributed by atoms with Crippen molar-refractivity contribution in [3.8, 4) is 6.07 Å². The van der Waals surface area contributed by atoms with Crippen molar-refractivity contribution >= 4 is 16.8 Å². The van der Waals surface area contributed by atoms with Crippen LogP contribution >= 0.6 is 0 Å². The van der Waals surface area contributed by atoms with Crippen LogP contribution in [0.2, 0.25) is 0 Å². The first kappa shape index (κ1) is 19.5. The minimum absolute atomic E-state index is 0.0553. The Morgan fingerprint density at radius 3 is 2.74 bits per heavy atom. The zero-order chi connectivity index (χ0) is 19.6. The standard InChI is InChI=1S/C21H26FN3O2/c1-21(2,27)12-16(26)8-3-4-9-19-24-20-17(22)10-14(13-23)11-18(20)25(19)15-6-5-7-15/h10-11,15,27H,3-9,12H2,1-2H3. The Bertz CT molecular complexity index is 885. The molecular weight excluding hydrogens is 345 g/mol. The van der Waals surface area contributed by atoms with Crippen molar-refractivity contribution in [2.24, 2.45) is 0 Å². The van der Waals surface area contributed by atoms with E-state index < -0.39 is 11.4 Å². The van der Waals surface area contributed by atoms with Crippen molar-refractivity contribution in [1.82, 2.24) is 9.55 Å². The molecule has 1 aliphatic rings. The number of rotatable bonds is 8. The Kier molecular flexibility index (Phi) is 5.61. The summed E-state index contributed by atoms with van der Waals surface area (Å²) in [6, 6.07) is 5.29. The number of aryl methyl sites for hydroxylation is 1. The van der Waals surface area contributed by atoms with E-state index in [0.717, 1.165) is 31.5 Å². The van der Waals surface area contributed by atoms with Crippen LogP contribution in [0.15, 0.2) is 12.1 Å². The molecular formula is C21H26FN3O2. The average Bonchev–Trinajstić information content (AvgIpc) is 2.87. The van der Waals surface area contributed by atoms with Crippen molar-refractivity contribution in [3.63, 3.8) is 0 Å². The number of aliphatic hydroxyl groups is 1. The highest BCUT2D eigenvalue weighted by Crippen LogP contribution is 2.36. The predicted octanol–water partition coefficient (Wildman–Crippen LogP) is 4.21. The Balaban J connectivity index is 1.73. The van der Waals surface area contributed by atoms with Gasteiger partial charge in [0.05, 0.1) is 22.8 Å². The molecule has 3 rings (SSSR count). The van der Waals surface area contributed by atoms with Crippen LogP contribution in [0.25, 0.3) is 11.0 Å². The molecule has 0 unspecified atom stereocenters. The maximum atomic E-state index is 14.4. The quantitative estimate of drug-likeness (QED) is 0.705. The van der Waals surface area contributed by atoms with Crippen LogP contribution < -0.4 is 0 Å². The van der Waals surface area contributed by atoms with E-state index in [4.69, 9.17) is 5.26 Å². The van der Waals surface area contributed by atoms with Gasteiger partial charge in [0.15, 0.2) is 5.82 Å². The van der Waals surface area contributed by atoms with Gasteiger partial charge in [0.1, 0.15) is 17.1 Å². The highest BCUT2D eigenvalue weighted by Gasteiger charge is 2.26. The molecule has 1 aromatic carbocycles. The second kappa shape index (κ2) is 7.77. The molecule has 6 heteroatoms. The van der Waals surface area contributed by atoms with Crippen LogP contribution in [-0.4, -0.2) is 26.0 Å². The number of carbonyl (C=O) groups excluding carboxylic acids is 1. The molecule has 144 valence electrons. The predicted molar refractivity (Wildman–Crippen MR) is 101 cm³/mol. The maximum Gasteiger partial charge on any atom is 0.152 e. The van der Waals surface area contributed by atoms with E-state index in [9.17, 15) is 14.3 Å². The van der Waals surface area contributed by atoms with E-state index in [1.54, 1.807) is 19.9 Å². The third-order valence-corrected chi connectivity index (χ3v) is 5.13. The lowest BCUT2D eigenvalue weighted by molar-refractivity contribution is -0.122. The first-order chi connectivity index (χ1) is 12.8. The Labute approximate surface area is 158 Å². The Morgan fingerprint density at radius 2 is 2.15 bits per heavy atom. The van der Waals surface area contributed by atoms with Crippen molar-refractivity contribution in [1.29, 1.82) is 5.26 Å². The van der Waals surface area contributed by atoms with Gasteiger partial charge in [-0.05, 0) is 58.1 Å². The lowest BCUT2D eigenvalue weighted by Gasteiger charge is -2.29. The SMILES string of the molecule is CC(C)(O)CC(=O)CCCCc1nc2c(F)cc(C#N)cc2n1C1CCC1. The molecule has 0 saturated heterocycles. The van der Waals surface area contributed by atoms with Crippen LogP contribution in [-0.2, 0) is 11.2 Å². The molecule has 0 aliphatic heterocycles. The van der Waals surface area contributed by atoms with Crippen molar-refractivity contribution in [2.45, 2.75) is 76.9 Å². The molecule has 1 aliphatic carbocycles. The van der Waals surface area contributed by atoms with E-state index in [0.29, 0.717) is 41.9 Å². The number of ketones is 1. The van der Waals surface area contributed by atoms with E-state index in [1.165, 1.54) is 6.07 Å². The fraction of sp³-hybridized carbons (Fsp3) is 0.571.